The summed E-state index contributed by atoms with van der Waals surface area (Å²) in [5, 5.41) is 3.56. The fourth-order valence-electron chi connectivity index (χ4n) is 3.30. The molecule has 0 radical (unpaired) electrons. The topological polar surface area (TPSA) is 15.3 Å². The molecule has 1 aliphatic carbocycles. The molecule has 2 rings (SSSR count). The standard InChI is InChI=1S/C14H25ClN2/c1-12(9-15)11-17-8-7-16-10-14(17)13-5-3-2-4-6-13/h9,13-14,16H,2-8,10-11H2,1H3. The Morgan fingerprint density at radius 1 is 1.35 bits per heavy atom. The first-order valence-corrected chi connectivity index (χ1v) is 7.45. The first-order chi connectivity index (χ1) is 8.31. The molecule has 2 fully saturated rings. The number of hydrogen-bond acceptors (Lipinski definition) is 2. The van der Waals surface area contributed by atoms with Gasteiger partial charge in [-0.15, -0.1) is 0 Å². The second kappa shape index (κ2) is 6.77. The van der Waals surface area contributed by atoms with Crippen molar-refractivity contribution < 1.29 is 0 Å². The molecule has 0 aromatic heterocycles. The van der Waals surface area contributed by atoms with E-state index < -0.39 is 0 Å². The van der Waals surface area contributed by atoms with Crippen molar-refractivity contribution in [3.05, 3.63) is 11.1 Å². The molecular weight excluding hydrogens is 232 g/mol. The molecule has 98 valence electrons. The van der Waals surface area contributed by atoms with E-state index in [1.807, 2.05) is 0 Å². The largest absolute Gasteiger partial charge is 0.314 e. The predicted octanol–water partition coefficient (Wildman–Crippen LogP) is 2.98. The Kier molecular flexibility index (Phi) is 5.33. The normalized spacial score (nSPS) is 29.5. The van der Waals surface area contributed by atoms with Crippen molar-refractivity contribution in [2.75, 3.05) is 26.2 Å². The third kappa shape index (κ3) is 3.70. The second-order valence-electron chi connectivity index (χ2n) is 5.60. The average Bonchev–Trinajstić information content (AvgIpc) is 2.40. The van der Waals surface area contributed by atoms with E-state index in [4.69, 9.17) is 11.6 Å². The highest BCUT2D eigenvalue weighted by Gasteiger charge is 2.30. The van der Waals surface area contributed by atoms with Gasteiger partial charge in [-0.1, -0.05) is 30.9 Å². The van der Waals surface area contributed by atoms with Crippen LogP contribution in [0.25, 0.3) is 0 Å². The van der Waals surface area contributed by atoms with Crippen LogP contribution >= 0.6 is 11.6 Å². The van der Waals surface area contributed by atoms with Crippen LogP contribution in [0.1, 0.15) is 39.0 Å². The lowest BCUT2D eigenvalue weighted by Crippen LogP contribution is -2.55. The SMILES string of the molecule is CC(=CCl)CN1CCNCC1C1CCCCC1. The summed E-state index contributed by atoms with van der Waals surface area (Å²) < 4.78 is 0. The van der Waals surface area contributed by atoms with Gasteiger partial charge in [-0.2, -0.15) is 0 Å². The number of rotatable bonds is 3. The summed E-state index contributed by atoms with van der Waals surface area (Å²) >= 11 is 5.80. The molecule has 17 heavy (non-hydrogen) atoms. The molecule has 2 nitrogen and oxygen atoms in total. The van der Waals surface area contributed by atoms with Crippen LogP contribution in [-0.4, -0.2) is 37.1 Å². The summed E-state index contributed by atoms with van der Waals surface area (Å²) in [6.07, 6.45) is 7.15. The molecule has 1 atom stereocenters. The van der Waals surface area contributed by atoms with Gasteiger partial charge >= 0.3 is 0 Å². The van der Waals surface area contributed by atoms with Crippen LogP contribution in [0, 0.1) is 5.92 Å². The van der Waals surface area contributed by atoms with Gasteiger partial charge in [0.2, 0.25) is 0 Å². The van der Waals surface area contributed by atoms with E-state index in [2.05, 4.69) is 17.1 Å². The zero-order valence-electron chi connectivity index (χ0n) is 10.9. The Bertz CT molecular complexity index is 259. The summed E-state index contributed by atoms with van der Waals surface area (Å²) in [4.78, 5) is 2.64. The van der Waals surface area contributed by atoms with Gasteiger partial charge in [0.05, 0.1) is 0 Å². The van der Waals surface area contributed by atoms with Crippen molar-refractivity contribution in [1.82, 2.24) is 10.2 Å². The maximum atomic E-state index is 5.80. The molecule has 0 spiro atoms. The van der Waals surface area contributed by atoms with Crippen LogP contribution in [-0.2, 0) is 0 Å². The minimum atomic E-state index is 0.732. The highest BCUT2D eigenvalue weighted by Crippen LogP contribution is 2.29. The van der Waals surface area contributed by atoms with Gasteiger partial charge in [-0.25, -0.2) is 0 Å². The highest BCUT2D eigenvalue weighted by atomic mass is 35.5. The molecule has 3 heteroatoms. The Morgan fingerprint density at radius 2 is 2.12 bits per heavy atom. The second-order valence-corrected chi connectivity index (χ2v) is 5.81. The van der Waals surface area contributed by atoms with Gasteiger partial charge in [0.25, 0.3) is 0 Å². The Hall–Kier alpha value is -0.0500. The lowest BCUT2D eigenvalue weighted by Gasteiger charge is -2.42. The van der Waals surface area contributed by atoms with E-state index in [9.17, 15) is 0 Å². The van der Waals surface area contributed by atoms with Crippen LogP contribution in [0.15, 0.2) is 11.1 Å². The lowest BCUT2D eigenvalue weighted by molar-refractivity contribution is 0.102. The molecule has 1 saturated carbocycles. The predicted molar refractivity (Wildman–Crippen MR) is 74.4 cm³/mol. The molecule has 1 aliphatic heterocycles. The fourth-order valence-corrected chi connectivity index (χ4v) is 3.37. The van der Waals surface area contributed by atoms with E-state index in [0.717, 1.165) is 25.0 Å². The third-order valence-electron chi connectivity index (χ3n) is 4.23. The van der Waals surface area contributed by atoms with E-state index in [1.165, 1.54) is 50.8 Å². The smallest absolute Gasteiger partial charge is 0.0252 e. The van der Waals surface area contributed by atoms with Gasteiger partial charge in [-0.3, -0.25) is 4.90 Å². The summed E-state index contributed by atoms with van der Waals surface area (Å²) in [6.45, 7) is 6.64. The van der Waals surface area contributed by atoms with E-state index in [-0.39, 0.29) is 0 Å². The van der Waals surface area contributed by atoms with Crippen LogP contribution in [0.3, 0.4) is 0 Å². The minimum absolute atomic E-state index is 0.732. The van der Waals surface area contributed by atoms with Crippen molar-refractivity contribution in [2.45, 2.75) is 45.1 Å². The van der Waals surface area contributed by atoms with Crippen molar-refractivity contribution in [3.63, 3.8) is 0 Å². The highest BCUT2D eigenvalue weighted by molar-refractivity contribution is 6.25. The third-order valence-corrected chi connectivity index (χ3v) is 4.60. The summed E-state index contributed by atoms with van der Waals surface area (Å²) in [7, 11) is 0. The summed E-state index contributed by atoms with van der Waals surface area (Å²) in [6, 6.07) is 0.732. The van der Waals surface area contributed by atoms with Crippen molar-refractivity contribution in [3.8, 4) is 0 Å². The first-order valence-electron chi connectivity index (χ1n) is 7.02. The Balaban J connectivity index is 1.95. The van der Waals surface area contributed by atoms with Crippen molar-refractivity contribution >= 4 is 11.6 Å². The maximum Gasteiger partial charge on any atom is 0.0252 e. The molecule has 0 aromatic rings. The molecule has 1 saturated heterocycles. The molecular formula is C14H25ClN2. The van der Waals surface area contributed by atoms with Crippen LogP contribution in [0.5, 0.6) is 0 Å². The van der Waals surface area contributed by atoms with Gasteiger partial charge in [0.1, 0.15) is 0 Å². The molecule has 1 unspecified atom stereocenters. The Morgan fingerprint density at radius 3 is 2.82 bits per heavy atom. The van der Waals surface area contributed by atoms with Crippen molar-refractivity contribution in [1.29, 1.82) is 0 Å². The molecule has 1 N–H and O–H groups in total. The van der Waals surface area contributed by atoms with Crippen molar-refractivity contribution in [2.24, 2.45) is 5.92 Å². The number of nitrogens with one attached hydrogen (secondary N) is 1. The van der Waals surface area contributed by atoms with Crippen LogP contribution < -0.4 is 5.32 Å². The van der Waals surface area contributed by atoms with Gasteiger partial charge in [-0.05, 0) is 31.3 Å². The fraction of sp³-hybridized carbons (Fsp3) is 0.857. The van der Waals surface area contributed by atoms with E-state index in [1.54, 1.807) is 5.54 Å². The number of hydrogen-bond donors (Lipinski definition) is 1. The lowest BCUT2D eigenvalue weighted by atomic mass is 9.82. The van der Waals surface area contributed by atoms with Gasteiger partial charge in [0.15, 0.2) is 0 Å². The van der Waals surface area contributed by atoms with E-state index in [0.29, 0.717) is 0 Å². The van der Waals surface area contributed by atoms with Crippen LogP contribution in [0.4, 0.5) is 0 Å². The average molecular weight is 257 g/mol. The molecule has 2 aliphatic rings. The summed E-state index contributed by atoms with van der Waals surface area (Å²) in [5.41, 5.74) is 3.02. The zero-order valence-corrected chi connectivity index (χ0v) is 11.7. The molecule has 0 amide bonds. The maximum absolute atomic E-state index is 5.80. The Labute approximate surface area is 110 Å². The van der Waals surface area contributed by atoms with Crippen LogP contribution in [0.2, 0.25) is 0 Å². The number of nitrogens with zero attached hydrogens (tertiary/aromatic N) is 1. The summed E-state index contributed by atoms with van der Waals surface area (Å²) in [5.74, 6) is 0.902. The zero-order chi connectivity index (χ0) is 12.1. The van der Waals surface area contributed by atoms with Gasteiger partial charge in [0, 0.05) is 37.8 Å². The molecule has 1 heterocycles. The number of piperazine rings is 1. The minimum Gasteiger partial charge on any atom is -0.314 e. The quantitative estimate of drug-likeness (QED) is 0.835. The first kappa shape index (κ1) is 13.4. The van der Waals surface area contributed by atoms with Gasteiger partial charge < -0.3 is 5.32 Å². The molecule has 0 bridgehead atoms. The number of halogens is 1. The monoisotopic (exact) mass is 256 g/mol. The molecule has 0 aromatic carbocycles. The van der Waals surface area contributed by atoms with E-state index >= 15 is 0 Å².